The molecule has 0 bridgehead atoms. The molecule has 84 valence electrons. The van der Waals surface area contributed by atoms with Crippen LogP contribution in [-0.2, 0) is 10.2 Å². The average molecular weight is 229 g/mol. The van der Waals surface area contributed by atoms with Gasteiger partial charge in [0.25, 0.3) is 10.2 Å². The molecule has 0 aliphatic carbocycles. The summed E-state index contributed by atoms with van der Waals surface area (Å²) in [7, 11) is -3.50. The van der Waals surface area contributed by atoms with Gasteiger partial charge < -0.3 is 5.73 Å². The second kappa shape index (κ2) is 4.99. The van der Waals surface area contributed by atoms with Crippen LogP contribution in [0, 0.1) is 0 Å². The van der Waals surface area contributed by atoms with Crippen LogP contribution in [0.3, 0.4) is 0 Å². The highest BCUT2D eigenvalue weighted by molar-refractivity contribution is 7.90. The van der Waals surface area contributed by atoms with E-state index >= 15 is 0 Å². The van der Waals surface area contributed by atoms with Gasteiger partial charge in [0, 0.05) is 6.54 Å². The zero-order valence-electron chi connectivity index (χ0n) is 8.53. The van der Waals surface area contributed by atoms with E-state index < -0.39 is 10.2 Å². The van der Waals surface area contributed by atoms with Crippen molar-refractivity contribution >= 4 is 21.6 Å². The van der Waals surface area contributed by atoms with Crippen LogP contribution in [0.15, 0.2) is 24.3 Å². The van der Waals surface area contributed by atoms with Crippen molar-refractivity contribution in [1.82, 2.24) is 4.72 Å². The Morgan fingerprint density at radius 2 is 2.00 bits per heavy atom. The van der Waals surface area contributed by atoms with Gasteiger partial charge in [-0.25, -0.2) is 0 Å². The van der Waals surface area contributed by atoms with Crippen molar-refractivity contribution in [2.75, 3.05) is 17.0 Å². The van der Waals surface area contributed by atoms with Crippen LogP contribution in [0.5, 0.6) is 0 Å². The summed E-state index contributed by atoms with van der Waals surface area (Å²) in [6.07, 6.45) is 0.741. The summed E-state index contributed by atoms with van der Waals surface area (Å²) in [6.45, 7) is 2.29. The minimum absolute atomic E-state index is 0.390. The maximum absolute atomic E-state index is 11.4. The Bertz CT molecular complexity index is 417. The molecular formula is C9H15N3O2S. The molecule has 0 heterocycles. The van der Waals surface area contributed by atoms with E-state index in [9.17, 15) is 8.42 Å². The molecule has 1 aromatic carbocycles. The van der Waals surface area contributed by atoms with Gasteiger partial charge in [0.15, 0.2) is 0 Å². The van der Waals surface area contributed by atoms with Gasteiger partial charge in [0.05, 0.1) is 11.4 Å². The number of nitrogen functional groups attached to an aromatic ring is 1. The van der Waals surface area contributed by atoms with Crippen molar-refractivity contribution in [3.8, 4) is 0 Å². The number of rotatable bonds is 5. The van der Waals surface area contributed by atoms with Crippen LogP contribution in [0.2, 0.25) is 0 Å². The smallest absolute Gasteiger partial charge is 0.299 e. The number of para-hydroxylation sites is 2. The monoisotopic (exact) mass is 229 g/mol. The van der Waals surface area contributed by atoms with Crippen molar-refractivity contribution in [2.24, 2.45) is 0 Å². The van der Waals surface area contributed by atoms with Crippen LogP contribution in [0.1, 0.15) is 13.3 Å². The quantitative estimate of drug-likeness (QED) is 0.656. The molecule has 0 fully saturated rings. The molecule has 5 nitrogen and oxygen atoms in total. The predicted octanol–water partition coefficient (Wildman–Crippen LogP) is 0.925. The van der Waals surface area contributed by atoms with Crippen molar-refractivity contribution in [3.05, 3.63) is 24.3 Å². The fourth-order valence-corrected chi connectivity index (χ4v) is 2.03. The summed E-state index contributed by atoms with van der Waals surface area (Å²) in [5.74, 6) is 0. The fraction of sp³-hybridized carbons (Fsp3) is 0.333. The Labute approximate surface area is 89.9 Å². The molecule has 0 spiro atoms. The molecule has 0 saturated heterocycles. The first-order chi connectivity index (χ1) is 7.05. The highest BCUT2D eigenvalue weighted by atomic mass is 32.2. The van der Waals surface area contributed by atoms with Gasteiger partial charge in [0.1, 0.15) is 0 Å². The Balaban J connectivity index is 2.74. The number of anilines is 2. The van der Waals surface area contributed by atoms with Crippen molar-refractivity contribution in [2.45, 2.75) is 13.3 Å². The first-order valence-electron chi connectivity index (χ1n) is 4.67. The molecular weight excluding hydrogens is 214 g/mol. The number of benzene rings is 1. The molecule has 0 saturated carbocycles. The first-order valence-corrected chi connectivity index (χ1v) is 6.15. The van der Waals surface area contributed by atoms with Crippen LogP contribution < -0.4 is 15.2 Å². The number of nitrogens with one attached hydrogen (secondary N) is 2. The lowest BCUT2D eigenvalue weighted by Crippen LogP contribution is -2.30. The van der Waals surface area contributed by atoms with Crippen LogP contribution >= 0.6 is 0 Å². The van der Waals surface area contributed by atoms with Gasteiger partial charge in [-0.1, -0.05) is 19.1 Å². The molecule has 4 N–H and O–H groups in total. The van der Waals surface area contributed by atoms with E-state index in [1.165, 1.54) is 0 Å². The molecule has 0 amide bonds. The van der Waals surface area contributed by atoms with Gasteiger partial charge in [-0.15, -0.1) is 0 Å². The highest BCUT2D eigenvalue weighted by Crippen LogP contribution is 2.17. The zero-order valence-corrected chi connectivity index (χ0v) is 9.34. The van der Waals surface area contributed by atoms with E-state index in [1.54, 1.807) is 24.3 Å². The number of nitrogens with two attached hydrogens (primary N) is 1. The summed E-state index contributed by atoms with van der Waals surface area (Å²) in [6, 6.07) is 6.71. The molecule has 0 unspecified atom stereocenters. The van der Waals surface area contributed by atoms with Crippen LogP contribution in [0.25, 0.3) is 0 Å². The van der Waals surface area contributed by atoms with Gasteiger partial charge in [-0.05, 0) is 18.6 Å². The van der Waals surface area contributed by atoms with E-state index in [4.69, 9.17) is 5.73 Å². The SMILES string of the molecule is CCCNS(=O)(=O)Nc1ccccc1N. The largest absolute Gasteiger partial charge is 0.397 e. The maximum Gasteiger partial charge on any atom is 0.299 e. The molecule has 0 aromatic heterocycles. The average Bonchev–Trinajstić information content (AvgIpc) is 2.18. The zero-order chi connectivity index (χ0) is 11.3. The van der Waals surface area contributed by atoms with Gasteiger partial charge >= 0.3 is 0 Å². The van der Waals surface area contributed by atoms with Gasteiger partial charge in [0.2, 0.25) is 0 Å². The second-order valence-electron chi connectivity index (χ2n) is 3.09. The summed E-state index contributed by atoms with van der Waals surface area (Å²) >= 11 is 0. The van der Waals surface area contributed by atoms with Crippen molar-refractivity contribution in [1.29, 1.82) is 0 Å². The fourth-order valence-electron chi connectivity index (χ4n) is 1.01. The summed E-state index contributed by atoms with van der Waals surface area (Å²) in [5.41, 5.74) is 6.39. The number of hydrogen-bond donors (Lipinski definition) is 3. The Morgan fingerprint density at radius 1 is 1.33 bits per heavy atom. The normalized spacial score (nSPS) is 11.3. The standard InChI is InChI=1S/C9H15N3O2S/c1-2-7-11-15(13,14)12-9-6-4-3-5-8(9)10/h3-6,11-12H,2,7,10H2,1H3. The third-order valence-corrected chi connectivity index (χ3v) is 2.82. The molecule has 0 atom stereocenters. The molecule has 0 radical (unpaired) electrons. The maximum atomic E-state index is 11.4. The Hall–Kier alpha value is -1.27. The minimum atomic E-state index is -3.50. The third-order valence-electron chi connectivity index (χ3n) is 1.75. The Morgan fingerprint density at radius 3 is 2.60 bits per heavy atom. The summed E-state index contributed by atoms with van der Waals surface area (Å²) in [5, 5.41) is 0. The van der Waals surface area contributed by atoms with Gasteiger partial charge in [-0.2, -0.15) is 13.1 Å². The predicted molar refractivity (Wildman–Crippen MR) is 61.7 cm³/mol. The third kappa shape index (κ3) is 3.77. The lowest BCUT2D eigenvalue weighted by atomic mass is 10.3. The first kappa shape index (κ1) is 11.8. The van der Waals surface area contributed by atoms with Crippen LogP contribution in [-0.4, -0.2) is 15.0 Å². The molecule has 1 aromatic rings. The summed E-state index contributed by atoms with van der Waals surface area (Å²) in [4.78, 5) is 0. The van der Waals surface area contributed by atoms with Gasteiger partial charge in [-0.3, -0.25) is 4.72 Å². The lowest BCUT2D eigenvalue weighted by Gasteiger charge is -2.10. The molecule has 15 heavy (non-hydrogen) atoms. The van der Waals surface area contributed by atoms with Crippen molar-refractivity contribution in [3.63, 3.8) is 0 Å². The highest BCUT2D eigenvalue weighted by Gasteiger charge is 2.09. The Kier molecular flexibility index (Phi) is 3.93. The molecule has 6 heteroatoms. The van der Waals surface area contributed by atoms with E-state index in [0.29, 0.717) is 17.9 Å². The van der Waals surface area contributed by atoms with E-state index in [-0.39, 0.29) is 0 Å². The minimum Gasteiger partial charge on any atom is -0.397 e. The topological polar surface area (TPSA) is 84.2 Å². The second-order valence-corrected chi connectivity index (χ2v) is 4.59. The lowest BCUT2D eigenvalue weighted by molar-refractivity contribution is 0.586. The summed E-state index contributed by atoms with van der Waals surface area (Å²) < 4.78 is 27.6. The molecule has 1 rings (SSSR count). The van der Waals surface area contributed by atoms with E-state index in [2.05, 4.69) is 9.44 Å². The molecule has 0 aliphatic rings. The molecule has 0 aliphatic heterocycles. The van der Waals surface area contributed by atoms with E-state index in [0.717, 1.165) is 6.42 Å². The van der Waals surface area contributed by atoms with Crippen LogP contribution in [0.4, 0.5) is 11.4 Å². The number of hydrogen-bond acceptors (Lipinski definition) is 3. The van der Waals surface area contributed by atoms with Crippen molar-refractivity contribution < 1.29 is 8.42 Å². The van der Waals surface area contributed by atoms with E-state index in [1.807, 2.05) is 6.92 Å².